The molecule has 0 saturated heterocycles. The molecule has 19 heavy (non-hydrogen) atoms. The lowest BCUT2D eigenvalue weighted by Gasteiger charge is -2.13. The van der Waals surface area contributed by atoms with E-state index in [-0.39, 0.29) is 0 Å². The van der Waals surface area contributed by atoms with Crippen molar-refractivity contribution in [2.24, 2.45) is 0 Å². The van der Waals surface area contributed by atoms with Crippen LogP contribution in [0.1, 0.15) is 11.1 Å². The Morgan fingerprint density at radius 1 is 0.842 bits per heavy atom. The van der Waals surface area contributed by atoms with Gasteiger partial charge in [0.1, 0.15) is 0 Å². The monoisotopic (exact) mass is 314 g/mol. The lowest BCUT2D eigenvalue weighted by molar-refractivity contribution is 0.175. The molecule has 2 aromatic carbocycles. The van der Waals surface area contributed by atoms with Crippen molar-refractivity contribution in [3.8, 4) is 0 Å². The molecule has 2 rings (SSSR count). The smallest absolute Gasteiger partial charge is 0.0621 e. The minimum atomic E-state index is -0.529. The van der Waals surface area contributed by atoms with Gasteiger partial charge in [-0.3, -0.25) is 0 Å². The fraction of sp³-hybridized carbons (Fsp3) is 0.200. The fourth-order valence-corrected chi connectivity index (χ4v) is 2.61. The van der Waals surface area contributed by atoms with Crippen LogP contribution in [0.15, 0.2) is 42.5 Å². The SMILES string of the molecule is OC(Cc1ccc(Cl)cc1)Cc1c(Cl)cccc1Cl. The maximum Gasteiger partial charge on any atom is 0.0621 e. The van der Waals surface area contributed by atoms with Crippen molar-refractivity contribution in [2.75, 3.05) is 0 Å². The zero-order chi connectivity index (χ0) is 13.8. The molecule has 0 heterocycles. The number of halogens is 3. The highest BCUT2D eigenvalue weighted by Crippen LogP contribution is 2.26. The number of rotatable bonds is 4. The van der Waals surface area contributed by atoms with Gasteiger partial charge in [0.05, 0.1) is 6.10 Å². The van der Waals surface area contributed by atoms with Crippen molar-refractivity contribution < 1.29 is 5.11 Å². The Labute approximate surface area is 127 Å². The largest absolute Gasteiger partial charge is 0.392 e. The molecule has 0 aliphatic rings. The summed E-state index contributed by atoms with van der Waals surface area (Å²) >= 11 is 18.0. The Kier molecular flexibility index (Phi) is 5.12. The van der Waals surface area contributed by atoms with E-state index >= 15 is 0 Å². The number of hydrogen-bond acceptors (Lipinski definition) is 1. The fourth-order valence-electron chi connectivity index (χ4n) is 1.93. The molecule has 4 heteroatoms. The third kappa shape index (κ3) is 4.12. The molecule has 0 bridgehead atoms. The summed E-state index contributed by atoms with van der Waals surface area (Å²) in [5.41, 5.74) is 1.81. The van der Waals surface area contributed by atoms with Gasteiger partial charge >= 0.3 is 0 Å². The maximum absolute atomic E-state index is 10.1. The van der Waals surface area contributed by atoms with Crippen LogP contribution in [0.4, 0.5) is 0 Å². The minimum absolute atomic E-state index is 0.432. The van der Waals surface area contributed by atoms with Crippen molar-refractivity contribution in [1.82, 2.24) is 0 Å². The molecule has 0 saturated carbocycles. The van der Waals surface area contributed by atoms with Gasteiger partial charge in [-0.05, 0) is 41.8 Å². The van der Waals surface area contributed by atoms with Gasteiger partial charge in [0, 0.05) is 21.5 Å². The Hall–Kier alpha value is -0.730. The Bertz CT molecular complexity index is 532. The van der Waals surface area contributed by atoms with E-state index in [1.807, 2.05) is 24.3 Å². The summed E-state index contributed by atoms with van der Waals surface area (Å²) in [6, 6.07) is 12.8. The lowest BCUT2D eigenvalue weighted by Crippen LogP contribution is -2.14. The molecule has 0 fully saturated rings. The van der Waals surface area contributed by atoms with Crippen LogP contribution in [-0.4, -0.2) is 11.2 Å². The van der Waals surface area contributed by atoms with Crippen LogP contribution in [0, 0.1) is 0 Å². The molecular formula is C15H13Cl3O. The van der Waals surface area contributed by atoms with Crippen LogP contribution in [0.3, 0.4) is 0 Å². The van der Waals surface area contributed by atoms with Crippen LogP contribution in [0.5, 0.6) is 0 Å². The first-order chi connectivity index (χ1) is 9.06. The Morgan fingerprint density at radius 2 is 1.42 bits per heavy atom. The van der Waals surface area contributed by atoms with Crippen molar-refractivity contribution in [3.05, 3.63) is 68.7 Å². The van der Waals surface area contributed by atoms with E-state index in [4.69, 9.17) is 34.8 Å². The van der Waals surface area contributed by atoms with Crippen LogP contribution < -0.4 is 0 Å². The molecule has 0 spiro atoms. The summed E-state index contributed by atoms with van der Waals surface area (Å²) in [7, 11) is 0. The highest BCUT2D eigenvalue weighted by molar-refractivity contribution is 6.36. The number of hydrogen-bond donors (Lipinski definition) is 1. The average molecular weight is 316 g/mol. The van der Waals surface area contributed by atoms with Gasteiger partial charge in [-0.15, -0.1) is 0 Å². The lowest BCUT2D eigenvalue weighted by atomic mass is 10.0. The molecule has 1 atom stereocenters. The predicted molar refractivity (Wildman–Crippen MR) is 81.3 cm³/mol. The van der Waals surface area contributed by atoms with E-state index in [9.17, 15) is 5.11 Å². The summed E-state index contributed by atoms with van der Waals surface area (Å²) in [5, 5.41) is 12.0. The first-order valence-corrected chi connectivity index (χ1v) is 7.05. The van der Waals surface area contributed by atoms with Crippen molar-refractivity contribution in [3.63, 3.8) is 0 Å². The van der Waals surface area contributed by atoms with Crippen molar-refractivity contribution in [1.29, 1.82) is 0 Å². The van der Waals surface area contributed by atoms with Gasteiger partial charge in [0.2, 0.25) is 0 Å². The summed E-state index contributed by atoms with van der Waals surface area (Å²) in [4.78, 5) is 0. The second-order valence-corrected chi connectivity index (χ2v) is 5.64. The quantitative estimate of drug-likeness (QED) is 0.860. The molecule has 1 unspecified atom stereocenters. The molecule has 0 amide bonds. The summed E-state index contributed by atoms with van der Waals surface area (Å²) < 4.78 is 0. The van der Waals surface area contributed by atoms with Gasteiger partial charge in [-0.1, -0.05) is 53.0 Å². The molecular weight excluding hydrogens is 303 g/mol. The molecule has 0 aliphatic carbocycles. The Balaban J connectivity index is 2.05. The van der Waals surface area contributed by atoms with E-state index in [1.165, 1.54) is 0 Å². The van der Waals surface area contributed by atoms with E-state index in [1.54, 1.807) is 18.2 Å². The van der Waals surface area contributed by atoms with Crippen LogP contribution in [-0.2, 0) is 12.8 Å². The van der Waals surface area contributed by atoms with E-state index in [2.05, 4.69) is 0 Å². The molecule has 0 aromatic heterocycles. The highest BCUT2D eigenvalue weighted by Gasteiger charge is 2.12. The summed E-state index contributed by atoms with van der Waals surface area (Å²) in [6.07, 6.45) is 0.443. The maximum atomic E-state index is 10.1. The van der Waals surface area contributed by atoms with Crippen molar-refractivity contribution >= 4 is 34.8 Å². The molecule has 2 aromatic rings. The first kappa shape index (κ1) is 14.7. The number of benzene rings is 2. The van der Waals surface area contributed by atoms with Crippen LogP contribution in [0.25, 0.3) is 0 Å². The van der Waals surface area contributed by atoms with Crippen molar-refractivity contribution in [2.45, 2.75) is 18.9 Å². The third-order valence-corrected chi connectivity index (χ3v) is 3.85. The van der Waals surface area contributed by atoms with Gasteiger partial charge in [0.15, 0.2) is 0 Å². The van der Waals surface area contributed by atoms with E-state index in [0.29, 0.717) is 27.9 Å². The van der Waals surface area contributed by atoms with Gasteiger partial charge in [-0.2, -0.15) is 0 Å². The molecule has 0 aliphatic heterocycles. The summed E-state index contributed by atoms with van der Waals surface area (Å²) in [5.74, 6) is 0. The third-order valence-electron chi connectivity index (χ3n) is 2.89. The normalized spacial score (nSPS) is 12.4. The zero-order valence-corrected chi connectivity index (χ0v) is 12.4. The molecule has 1 nitrogen and oxygen atoms in total. The van der Waals surface area contributed by atoms with E-state index in [0.717, 1.165) is 11.1 Å². The van der Waals surface area contributed by atoms with Crippen LogP contribution >= 0.6 is 34.8 Å². The van der Waals surface area contributed by atoms with Crippen LogP contribution in [0.2, 0.25) is 15.1 Å². The molecule has 1 N–H and O–H groups in total. The highest BCUT2D eigenvalue weighted by atomic mass is 35.5. The average Bonchev–Trinajstić information content (AvgIpc) is 2.37. The summed E-state index contributed by atoms with van der Waals surface area (Å²) in [6.45, 7) is 0. The van der Waals surface area contributed by atoms with E-state index < -0.39 is 6.10 Å². The zero-order valence-electron chi connectivity index (χ0n) is 10.1. The molecule has 0 radical (unpaired) electrons. The van der Waals surface area contributed by atoms with Gasteiger partial charge in [0.25, 0.3) is 0 Å². The Morgan fingerprint density at radius 3 is 2.00 bits per heavy atom. The van der Waals surface area contributed by atoms with Gasteiger partial charge in [-0.25, -0.2) is 0 Å². The second kappa shape index (κ2) is 6.62. The number of aliphatic hydroxyl groups is 1. The topological polar surface area (TPSA) is 20.2 Å². The first-order valence-electron chi connectivity index (χ1n) is 5.91. The standard InChI is InChI=1S/C15H13Cl3O/c16-11-6-4-10(5-7-11)8-12(19)9-13-14(17)2-1-3-15(13)18/h1-7,12,19H,8-9H2. The minimum Gasteiger partial charge on any atom is -0.392 e. The predicted octanol–water partition coefficient (Wildman–Crippen LogP) is 4.79. The second-order valence-electron chi connectivity index (χ2n) is 4.39. The number of aliphatic hydroxyl groups excluding tert-OH is 1. The molecule has 100 valence electrons. The van der Waals surface area contributed by atoms with Gasteiger partial charge < -0.3 is 5.11 Å².